The molecule has 0 atom stereocenters. The predicted molar refractivity (Wildman–Crippen MR) is 78.1 cm³/mol. The number of nitrogen functional groups attached to an aromatic ring is 1. The number of nitrogens with zero attached hydrogens (tertiary/aromatic N) is 1. The first kappa shape index (κ1) is 14.3. The Morgan fingerprint density at radius 3 is 2.65 bits per heavy atom. The van der Waals surface area contributed by atoms with Crippen LogP contribution in [0.3, 0.4) is 0 Å². The first-order valence-corrected chi connectivity index (χ1v) is 6.41. The SMILES string of the molecule is CN(Cc1ccccc1F)C(=O)c1cccc(N)c1Cl. The molecule has 2 rings (SSSR count). The quantitative estimate of drug-likeness (QED) is 0.882. The molecule has 1 amide bonds. The normalized spacial score (nSPS) is 10.3. The molecule has 3 nitrogen and oxygen atoms in total. The Balaban J connectivity index is 2.21. The minimum Gasteiger partial charge on any atom is -0.398 e. The minimum absolute atomic E-state index is 0.163. The Kier molecular flexibility index (Phi) is 4.25. The summed E-state index contributed by atoms with van der Waals surface area (Å²) < 4.78 is 13.6. The molecule has 0 aliphatic carbocycles. The summed E-state index contributed by atoms with van der Waals surface area (Å²) in [5.74, 6) is -0.642. The Labute approximate surface area is 121 Å². The van der Waals surface area contributed by atoms with Gasteiger partial charge in [-0.05, 0) is 18.2 Å². The molecule has 0 aliphatic rings. The second-order valence-corrected chi connectivity index (χ2v) is 4.84. The lowest BCUT2D eigenvalue weighted by Gasteiger charge is -2.18. The lowest BCUT2D eigenvalue weighted by Crippen LogP contribution is -2.27. The second kappa shape index (κ2) is 5.92. The predicted octanol–water partition coefficient (Wildman–Crippen LogP) is 3.33. The van der Waals surface area contributed by atoms with Crippen LogP contribution in [-0.2, 0) is 6.54 Å². The zero-order chi connectivity index (χ0) is 14.7. The molecule has 5 heteroatoms. The average Bonchev–Trinajstić information content (AvgIpc) is 2.43. The van der Waals surface area contributed by atoms with E-state index in [1.165, 1.54) is 11.0 Å². The van der Waals surface area contributed by atoms with E-state index in [-0.39, 0.29) is 23.3 Å². The largest absolute Gasteiger partial charge is 0.398 e. The van der Waals surface area contributed by atoms with Gasteiger partial charge in [-0.1, -0.05) is 35.9 Å². The topological polar surface area (TPSA) is 46.3 Å². The fraction of sp³-hybridized carbons (Fsp3) is 0.133. The Morgan fingerprint density at radius 1 is 1.25 bits per heavy atom. The van der Waals surface area contributed by atoms with Crippen molar-refractivity contribution in [2.45, 2.75) is 6.54 Å². The monoisotopic (exact) mass is 292 g/mol. The van der Waals surface area contributed by atoms with Crippen molar-refractivity contribution in [3.05, 3.63) is 64.4 Å². The number of hydrogen-bond donors (Lipinski definition) is 1. The summed E-state index contributed by atoms with van der Waals surface area (Å²) in [5.41, 5.74) is 6.78. The number of hydrogen-bond acceptors (Lipinski definition) is 2. The van der Waals surface area contributed by atoms with E-state index in [2.05, 4.69) is 0 Å². The van der Waals surface area contributed by atoms with Gasteiger partial charge in [0, 0.05) is 19.2 Å². The van der Waals surface area contributed by atoms with Gasteiger partial charge >= 0.3 is 0 Å². The highest BCUT2D eigenvalue weighted by molar-refractivity contribution is 6.36. The van der Waals surface area contributed by atoms with Crippen LogP contribution in [0.15, 0.2) is 42.5 Å². The number of nitrogens with two attached hydrogens (primary N) is 1. The van der Waals surface area contributed by atoms with Gasteiger partial charge in [0.05, 0.1) is 16.3 Å². The third kappa shape index (κ3) is 2.91. The smallest absolute Gasteiger partial charge is 0.255 e. The average molecular weight is 293 g/mol. The van der Waals surface area contributed by atoms with Gasteiger partial charge in [0.25, 0.3) is 5.91 Å². The fourth-order valence-electron chi connectivity index (χ4n) is 1.87. The number of halogens is 2. The minimum atomic E-state index is -0.342. The molecule has 2 aromatic rings. The Bertz CT molecular complexity index is 646. The zero-order valence-corrected chi connectivity index (χ0v) is 11.7. The number of amides is 1. The van der Waals surface area contributed by atoms with Crippen molar-refractivity contribution in [3.8, 4) is 0 Å². The maximum atomic E-state index is 13.6. The van der Waals surface area contributed by atoms with Gasteiger partial charge in [-0.3, -0.25) is 4.79 Å². The molecule has 0 radical (unpaired) electrons. The molecule has 0 heterocycles. The molecule has 0 spiro atoms. The highest BCUT2D eigenvalue weighted by atomic mass is 35.5. The first-order valence-electron chi connectivity index (χ1n) is 6.03. The molecule has 2 N–H and O–H groups in total. The number of carbonyl (C=O) groups excluding carboxylic acids is 1. The summed E-state index contributed by atoms with van der Waals surface area (Å²) in [6.07, 6.45) is 0. The summed E-state index contributed by atoms with van der Waals surface area (Å²) in [6, 6.07) is 11.2. The first-order chi connectivity index (χ1) is 9.50. The molecule has 0 saturated heterocycles. The van der Waals surface area contributed by atoms with Crippen LogP contribution in [0.4, 0.5) is 10.1 Å². The van der Waals surface area contributed by atoms with Crippen molar-refractivity contribution < 1.29 is 9.18 Å². The number of rotatable bonds is 3. The molecule has 104 valence electrons. The molecular formula is C15H14ClFN2O. The van der Waals surface area contributed by atoms with Gasteiger partial charge < -0.3 is 10.6 Å². The molecule has 0 aliphatic heterocycles. The molecule has 0 unspecified atom stereocenters. The van der Waals surface area contributed by atoms with Crippen molar-refractivity contribution in [3.63, 3.8) is 0 Å². The van der Waals surface area contributed by atoms with Crippen LogP contribution >= 0.6 is 11.6 Å². The molecule has 20 heavy (non-hydrogen) atoms. The fourth-order valence-corrected chi connectivity index (χ4v) is 2.08. The van der Waals surface area contributed by atoms with Crippen molar-refractivity contribution in [2.24, 2.45) is 0 Å². The van der Waals surface area contributed by atoms with Crippen LogP contribution in [0.5, 0.6) is 0 Å². The standard InChI is InChI=1S/C15H14ClFN2O/c1-19(9-10-5-2-3-7-12(10)17)15(20)11-6-4-8-13(18)14(11)16/h2-8H,9,18H2,1H3. The van der Waals surface area contributed by atoms with Gasteiger partial charge in [-0.2, -0.15) is 0 Å². The number of anilines is 1. The summed E-state index contributed by atoms with van der Waals surface area (Å²) in [4.78, 5) is 13.7. The molecule has 2 aromatic carbocycles. The molecular weight excluding hydrogens is 279 g/mol. The van der Waals surface area contributed by atoms with Gasteiger partial charge in [-0.15, -0.1) is 0 Å². The van der Waals surface area contributed by atoms with Crippen LogP contribution in [0.1, 0.15) is 15.9 Å². The lowest BCUT2D eigenvalue weighted by atomic mass is 10.1. The van der Waals surface area contributed by atoms with E-state index in [0.717, 1.165) is 0 Å². The van der Waals surface area contributed by atoms with Crippen LogP contribution in [0.25, 0.3) is 0 Å². The highest BCUT2D eigenvalue weighted by Crippen LogP contribution is 2.24. The van der Waals surface area contributed by atoms with Gasteiger partial charge in [0.1, 0.15) is 5.82 Å². The van der Waals surface area contributed by atoms with E-state index in [4.69, 9.17) is 17.3 Å². The van der Waals surface area contributed by atoms with Crippen molar-refractivity contribution in [2.75, 3.05) is 12.8 Å². The number of benzene rings is 2. The summed E-state index contributed by atoms with van der Waals surface area (Å²) in [6.45, 7) is 0.163. The molecule has 0 bridgehead atoms. The number of carbonyl (C=O) groups is 1. The van der Waals surface area contributed by atoms with Crippen LogP contribution in [0.2, 0.25) is 5.02 Å². The van der Waals surface area contributed by atoms with Crippen LogP contribution < -0.4 is 5.73 Å². The third-order valence-electron chi connectivity index (χ3n) is 2.97. The van der Waals surface area contributed by atoms with Crippen molar-refractivity contribution in [1.29, 1.82) is 0 Å². The lowest BCUT2D eigenvalue weighted by molar-refractivity contribution is 0.0784. The molecule has 0 saturated carbocycles. The van der Waals surface area contributed by atoms with Crippen molar-refractivity contribution in [1.82, 2.24) is 4.90 Å². The van der Waals surface area contributed by atoms with E-state index in [0.29, 0.717) is 16.8 Å². The van der Waals surface area contributed by atoms with E-state index in [9.17, 15) is 9.18 Å². The maximum absolute atomic E-state index is 13.6. The summed E-state index contributed by atoms with van der Waals surface area (Å²) >= 11 is 6.02. The summed E-state index contributed by atoms with van der Waals surface area (Å²) in [5, 5.41) is 0.220. The summed E-state index contributed by atoms with van der Waals surface area (Å²) in [7, 11) is 1.59. The Hall–Kier alpha value is -2.07. The van der Waals surface area contributed by atoms with E-state index in [1.54, 1.807) is 43.4 Å². The van der Waals surface area contributed by atoms with Gasteiger partial charge in [-0.25, -0.2) is 4.39 Å². The van der Waals surface area contributed by atoms with Crippen LogP contribution in [0, 0.1) is 5.82 Å². The molecule has 0 fully saturated rings. The maximum Gasteiger partial charge on any atom is 0.255 e. The van der Waals surface area contributed by atoms with Crippen molar-refractivity contribution >= 4 is 23.2 Å². The van der Waals surface area contributed by atoms with Crippen LogP contribution in [-0.4, -0.2) is 17.9 Å². The zero-order valence-electron chi connectivity index (χ0n) is 10.9. The van der Waals surface area contributed by atoms with E-state index in [1.807, 2.05) is 0 Å². The third-order valence-corrected chi connectivity index (χ3v) is 3.39. The van der Waals surface area contributed by atoms with Gasteiger partial charge in [0.2, 0.25) is 0 Å². The second-order valence-electron chi connectivity index (χ2n) is 4.46. The highest BCUT2D eigenvalue weighted by Gasteiger charge is 2.17. The van der Waals surface area contributed by atoms with E-state index >= 15 is 0 Å². The molecule has 0 aromatic heterocycles. The van der Waals surface area contributed by atoms with E-state index < -0.39 is 0 Å². The Morgan fingerprint density at radius 2 is 1.95 bits per heavy atom. The van der Waals surface area contributed by atoms with Gasteiger partial charge in [0.15, 0.2) is 0 Å².